The molecule has 0 aromatic carbocycles. The van der Waals surface area contributed by atoms with Crippen LogP contribution < -0.4 is 5.32 Å². The average molecular weight is 361 g/mol. The molecule has 5 nitrogen and oxygen atoms in total. The average Bonchev–Trinajstić information content (AvgIpc) is 3.18. The molecule has 2 aromatic rings. The highest BCUT2D eigenvalue weighted by Crippen LogP contribution is 2.39. The van der Waals surface area contributed by atoms with Gasteiger partial charge in [-0.25, -0.2) is 9.97 Å². The molecule has 136 valence electrons. The van der Waals surface area contributed by atoms with E-state index in [2.05, 4.69) is 17.1 Å². The molecule has 0 amide bonds. The van der Waals surface area contributed by atoms with Crippen LogP contribution in [0.15, 0.2) is 0 Å². The largest absolute Gasteiger partial charge is 0.383 e. The maximum absolute atomic E-state index is 5.20. The standard InChI is InChI=1S/C19H28N4OS/c1-13-6-9-23(10-7-13)12-16-21-18(20-8-11-24-2)17-14-4-3-5-15(14)25-19(17)22-16/h13H,3-12H2,1-2H3,(H,20,21,22). The Kier molecular flexibility index (Phi) is 5.20. The van der Waals surface area contributed by atoms with E-state index in [4.69, 9.17) is 14.7 Å². The fraction of sp³-hybridized carbons (Fsp3) is 0.684. The molecule has 1 N–H and O–H groups in total. The molecule has 4 rings (SSSR count). The number of nitrogens with one attached hydrogen (secondary N) is 1. The molecule has 0 bridgehead atoms. The molecular weight excluding hydrogens is 332 g/mol. The van der Waals surface area contributed by atoms with E-state index < -0.39 is 0 Å². The minimum Gasteiger partial charge on any atom is -0.383 e. The van der Waals surface area contributed by atoms with Crippen molar-refractivity contribution in [1.82, 2.24) is 14.9 Å². The predicted octanol–water partition coefficient (Wildman–Crippen LogP) is 3.47. The Labute approximate surface area is 153 Å². The van der Waals surface area contributed by atoms with Gasteiger partial charge in [0.25, 0.3) is 0 Å². The van der Waals surface area contributed by atoms with Crippen molar-refractivity contribution in [2.24, 2.45) is 5.92 Å². The molecule has 1 aliphatic carbocycles. The minimum absolute atomic E-state index is 0.692. The number of anilines is 1. The first-order valence-electron chi connectivity index (χ1n) is 9.51. The van der Waals surface area contributed by atoms with Crippen molar-refractivity contribution in [2.45, 2.75) is 45.6 Å². The van der Waals surface area contributed by atoms with Gasteiger partial charge in [0.2, 0.25) is 0 Å². The van der Waals surface area contributed by atoms with Crippen molar-refractivity contribution in [2.75, 3.05) is 38.7 Å². The minimum atomic E-state index is 0.692. The number of aryl methyl sites for hydroxylation is 2. The third-order valence-electron chi connectivity index (χ3n) is 5.45. The number of rotatable bonds is 6. The molecule has 0 radical (unpaired) electrons. The van der Waals surface area contributed by atoms with Crippen LogP contribution in [-0.2, 0) is 24.1 Å². The molecule has 0 saturated carbocycles. The number of hydrogen-bond donors (Lipinski definition) is 1. The van der Waals surface area contributed by atoms with Gasteiger partial charge in [-0.1, -0.05) is 6.92 Å². The molecule has 25 heavy (non-hydrogen) atoms. The summed E-state index contributed by atoms with van der Waals surface area (Å²) in [6.07, 6.45) is 6.21. The van der Waals surface area contributed by atoms with E-state index in [1.165, 1.54) is 52.8 Å². The lowest BCUT2D eigenvalue weighted by atomic mass is 9.99. The Morgan fingerprint density at radius 3 is 2.88 bits per heavy atom. The Balaban J connectivity index is 1.61. The van der Waals surface area contributed by atoms with E-state index in [1.54, 1.807) is 7.11 Å². The van der Waals surface area contributed by atoms with Crippen LogP contribution >= 0.6 is 11.3 Å². The van der Waals surface area contributed by atoms with Crippen molar-refractivity contribution >= 4 is 27.4 Å². The van der Waals surface area contributed by atoms with Crippen LogP contribution in [0.5, 0.6) is 0 Å². The molecule has 1 fully saturated rings. The van der Waals surface area contributed by atoms with Gasteiger partial charge in [-0.3, -0.25) is 4.90 Å². The van der Waals surface area contributed by atoms with Gasteiger partial charge in [0.1, 0.15) is 16.5 Å². The first kappa shape index (κ1) is 17.2. The summed E-state index contributed by atoms with van der Waals surface area (Å²) in [4.78, 5) is 15.0. The Bertz CT molecular complexity index is 737. The van der Waals surface area contributed by atoms with Crippen LogP contribution in [0.3, 0.4) is 0 Å². The Morgan fingerprint density at radius 2 is 2.08 bits per heavy atom. The van der Waals surface area contributed by atoms with Crippen molar-refractivity contribution < 1.29 is 4.74 Å². The van der Waals surface area contributed by atoms with E-state index in [1.807, 2.05) is 11.3 Å². The molecule has 2 aliphatic rings. The van der Waals surface area contributed by atoms with E-state index in [0.29, 0.717) is 6.61 Å². The number of thiophene rings is 1. The normalized spacial score (nSPS) is 18.8. The number of piperidine rings is 1. The molecule has 0 unspecified atom stereocenters. The van der Waals surface area contributed by atoms with Gasteiger partial charge in [-0.2, -0.15) is 0 Å². The van der Waals surface area contributed by atoms with Crippen LogP contribution in [0.1, 0.15) is 42.5 Å². The van der Waals surface area contributed by atoms with Crippen LogP contribution in [0.25, 0.3) is 10.2 Å². The molecular formula is C19H28N4OS. The summed E-state index contributed by atoms with van der Waals surface area (Å²) in [5, 5.41) is 4.77. The van der Waals surface area contributed by atoms with Crippen LogP contribution in [0.4, 0.5) is 5.82 Å². The third kappa shape index (κ3) is 3.66. The van der Waals surface area contributed by atoms with Gasteiger partial charge in [-0.15, -0.1) is 11.3 Å². The molecule has 0 atom stereocenters. The zero-order valence-electron chi connectivity index (χ0n) is 15.3. The predicted molar refractivity (Wildman–Crippen MR) is 103 cm³/mol. The number of hydrogen-bond acceptors (Lipinski definition) is 6. The summed E-state index contributed by atoms with van der Waals surface area (Å²) in [6, 6.07) is 0. The van der Waals surface area contributed by atoms with Crippen molar-refractivity contribution in [3.63, 3.8) is 0 Å². The van der Waals surface area contributed by atoms with E-state index >= 15 is 0 Å². The number of aromatic nitrogens is 2. The van der Waals surface area contributed by atoms with E-state index in [0.717, 1.165) is 43.7 Å². The number of likely N-dealkylation sites (tertiary alicyclic amines) is 1. The lowest BCUT2D eigenvalue weighted by Crippen LogP contribution is -2.33. The molecule has 2 aromatic heterocycles. The van der Waals surface area contributed by atoms with Gasteiger partial charge in [0, 0.05) is 18.5 Å². The Morgan fingerprint density at radius 1 is 1.24 bits per heavy atom. The van der Waals surface area contributed by atoms with E-state index in [9.17, 15) is 0 Å². The summed E-state index contributed by atoms with van der Waals surface area (Å²) in [5.74, 6) is 2.83. The van der Waals surface area contributed by atoms with Gasteiger partial charge in [0.05, 0.1) is 18.5 Å². The van der Waals surface area contributed by atoms with Crippen molar-refractivity contribution in [1.29, 1.82) is 0 Å². The fourth-order valence-corrected chi connectivity index (χ4v) is 5.21. The SMILES string of the molecule is COCCNc1nc(CN2CCC(C)CC2)nc2sc3c(c12)CCC3. The van der Waals surface area contributed by atoms with Crippen LogP contribution in [-0.4, -0.2) is 48.2 Å². The first-order chi connectivity index (χ1) is 12.2. The third-order valence-corrected chi connectivity index (χ3v) is 6.64. The summed E-state index contributed by atoms with van der Waals surface area (Å²) in [5.41, 5.74) is 1.48. The lowest BCUT2D eigenvalue weighted by Gasteiger charge is -2.29. The number of ether oxygens (including phenoxy) is 1. The molecule has 0 spiro atoms. The smallest absolute Gasteiger partial charge is 0.146 e. The molecule has 3 heterocycles. The van der Waals surface area contributed by atoms with Gasteiger partial charge in [-0.05, 0) is 56.7 Å². The molecule has 6 heteroatoms. The molecule has 1 saturated heterocycles. The number of fused-ring (bicyclic) bond motifs is 3. The second-order valence-electron chi connectivity index (χ2n) is 7.40. The number of methoxy groups -OCH3 is 1. The van der Waals surface area contributed by atoms with Crippen LogP contribution in [0.2, 0.25) is 0 Å². The second kappa shape index (κ2) is 7.56. The van der Waals surface area contributed by atoms with Gasteiger partial charge >= 0.3 is 0 Å². The zero-order chi connectivity index (χ0) is 17.2. The van der Waals surface area contributed by atoms with Gasteiger partial charge in [0.15, 0.2) is 0 Å². The maximum Gasteiger partial charge on any atom is 0.146 e. The fourth-order valence-electron chi connectivity index (χ4n) is 3.93. The van der Waals surface area contributed by atoms with Gasteiger partial charge < -0.3 is 10.1 Å². The molecule has 1 aliphatic heterocycles. The maximum atomic E-state index is 5.20. The Hall–Kier alpha value is -1.24. The summed E-state index contributed by atoms with van der Waals surface area (Å²) in [6.45, 7) is 7.02. The monoisotopic (exact) mass is 360 g/mol. The lowest BCUT2D eigenvalue weighted by molar-refractivity contribution is 0.181. The van der Waals surface area contributed by atoms with Crippen molar-refractivity contribution in [3.05, 3.63) is 16.3 Å². The quantitative estimate of drug-likeness (QED) is 0.800. The van der Waals surface area contributed by atoms with E-state index in [-0.39, 0.29) is 0 Å². The highest BCUT2D eigenvalue weighted by atomic mass is 32.1. The summed E-state index contributed by atoms with van der Waals surface area (Å²) >= 11 is 1.88. The topological polar surface area (TPSA) is 50.3 Å². The number of nitrogens with zero attached hydrogens (tertiary/aromatic N) is 3. The summed E-state index contributed by atoms with van der Waals surface area (Å²) in [7, 11) is 1.74. The highest BCUT2D eigenvalue weighted by molar-refractivity contribution is 7.19. The summed E-state index contributed by atoms with van der Waals surface area (Å²) < 4.78 is 5.20. The van der Waals surface area contributed by atoms with Crippen molar-refractivity contribution in [3.8, 4) is 0 Å². The first-order valence-corrected chi connectivity index (χ1v) is 10.3. The van der Waals surface area contributed by atoms with Crippen LogP contribution in [0, 0.1) is 5.92 Å². The second-order valence-corrected chi connectivity index (χ2v) is 8.49. The highest BCUT2D eigenvalue weighted by Gasteiger charge is 2.23. The zero-order valence-corrected chi connectivity index (χ0v) is 16.1.